The van der Waals surface area contributed by atoms with Crippen LogP contribution in [0.3, 0.4) is 0 Å². The molecule has 1 fully saturated rings. The molecule has 19 heavy (non-hydrogen) atoms. The van der Waals surface area contributed by atoms with E-state index in [-0.39, 0.29) is 0 Å². The Labute approximate surface area is 120 Å². The summed E-state index contributed by atoms with van der Waals surface area (Å²) >= 11 is 3.39. The van der Waals surface area contributed by atoms with Crippen LogP contribution in [0.2, 0.25) is 0 Å². The highest BCUT2D eigenvalue weighted by Gasteiger charge is 2.46. The molecule has 1 aromatic carbocycles. The molecule has 5 heteroatoms. The molecule has 1 aromatic rings. The lowest BCUT2D eigenvalue weighted by molar-refractivity contribution is -0.143. The Kier molecular flexibility index (Phi) is 3.81. The van der Waals surface area contributed by atoms with Gasteiger partial charge in [-0.2, -0.15) is 5.26 Å². The van der Waals surface area contributed by atoms with E-state index in [1.807, 2.05) is 17.9 Å². The van der Waals surface area contributed by atoms with Crippen molar-refractivity contribution in [1.82, 2.24) is 0 Å². The first kappa shape index (κ1) is 13.9. The summed E-state index contributed by atoms with van der Waals surface area (Å²) in [6.07, 6.45) is 1.98. The number of hydrogen-bond donors (Lipinski definition) is 1. The minimum atomic E-state index is -0.883. The Balaban J connectivity index is 2.55. The smallest absolute Gasteiger partial charge is 0.329 e. The van der Waals surface area contributed by atoms with Gasteiger partial charge in [0.1, 0.15) is 11.6 Å². The molecule has 1 heterocycles. The van der Waals surface area contributed by atoms with E-state index in [9.17, 15) is 15.2 Å². The number of carboxylic acids is 1. The van der Waals surface area contributed by atoms with Gasteiger partial charge >= 0.3 is 5.97 Å². The van der Waals surface area contributed by atoms with Gasteiger partial charge in [-0.3, -0.25) is 0 Å². The van der Waals surface area contributed by atoms with Crippen molar-refractivity contribution in [3.8, 4) is 6.07 Å². The molecule has 1 atom stereocenters. The second kappa shape index (κ2) is 5.22. The van der Waals surface area contributed by atoms with Crippen molar-refractivity contribution in [3.05, 3.63) is 28.2 Å². The summed E-state index contributed by atoms with van der Waals surface area (Å²) in [6.45, 7) is 2.56. The molecule has 0 aromatic heterocycles. The monoisotopic (exact) mass is 322 g/mol. The van der Waals surface area contributed by atoms with E-state index in [1.165, 1.54) is 0 Å². The highest BCUT2D eigenvalue weighted by Crippen LogP contribution is 2.39. The van der Waals surface area contributed by atoms with Gasteiger partial charge in [-0.1, -0.05) is 22.9 Å². The number of carboxylic acid groups (broad SMARTS) is 1. The summed E-state index contributed by atoms with van der Waals surface area (Å²) < 4.78 is 0.851. The van der Waals surface area contributed by atoms with E-state index >= 15 is 0 Å². The van der Waals surface area contributed by atoms with Crippen LogP contribution in [0, 0.1) is 11.3 Å². The van der Waals surface area contributed by atoms with E-state index in [0.29, 0.717) is 30.6 Å². The maximum absolute atomic E-state index is 11.7. The maximum Gasteiger partial charge on any atom is 0.329 e. The summed E-state index contributed by atoms with van der Waals surface area (Å²) in [4.78, 5) is 13.6. The number of halogens is 1. The normalized spacial score (nSPS) is 22.3. The third-order valence-electron chi connectivity index (χ3n) is 3.84. The molecule has 0 aliphatic carbocycles. The largest absolute Gasteiger partial charge is 0.479 e. The highest BCUT2D eigenvalue weighted by atomic mass is 79.9. The van der Waals surface area contributed by atoms with E-state index in [1.54, 1.807) is 12.1 Å². The third-order valence-corrected chi connectivity index (χ3v) is 4.34. The number of benzene rings is 1. The van der Waals surface area contributed by atoms with Crippen molar-refractivity contribution in [2.24, 2.45) is 0 Å². The first-order valence-electron chi connectivity index (χ1n) is 6.26. The van der Waals surface area contributed by atoms with Crippen LogP contribution in [0.5, 0.6) is 0 Å². The Morgan fingerprint density at radius 3 is 2.95 bits per heavy atom. The summed E-state index contributed by atoms with van der Waals surface area (Å²) in [6, 6.07) is 7.50. The SMILES string of the molecule is CCC1(C(=O)O)CCCN1c1cc(Br)ccc1C#N. The van der Waals surface area contributed by atoms with E-state index in [4.69, 9.17) is 0 Å². The van der Waals surface area contributed by atoms with Crippen LogP contribution in [-0.4, -0.2) is 23.2 Å². The first-order chi connectivity index (χ1) is 9.05. The molecule has 0 bridgehead atoms. The maximum atomic E-state index is 11.7. The second-order valence-electron chi connectivity index (χ2n) is 4.72. The average Bonchev–Trinajstić information content (AvgIpc) is 2.83. The number of nitrogens with zero attached hydrogens (tertiary/aromatic N) is 2. The number of rotatable bonds is 3. The van der Waals surface area contributed by atoms with Gasteiger partial charge in [0, 0.05) is 11.0 Å². The lowest BCUT2D eigenvalue weighted by atomic mass is 9.92. The van der Waals surface area contributed by atoms with Crippen molar-refractivity contribution in [1.29, 1.82) is 5.26 Å². The fourth-order valence-corrected chi connectivity index (χ4v) is 3.14. The average molecular weight is 323 g/mol. The number of hydrogen-bond acceptors (Lipinski definition) is 3. The Morgan fingerprint density at radius 1 is 1.63 bits per heavy atom. The number of nitriles is 1. The van der Waals surface area contributed by atoms with Gasteiger partial charge < -0.3 is 10.0 Å². The van der Waals surface area contributed by atoms with E-state index in [0.717, 1.165) is 10.9 Å². The van der Waals surface area contributed by atoms with Gasteiger partial charge in [-0.15, -0.1) is 0 Å². The Morgan fingerprint density at radius 2 is 2.37 bits per heavy atom. The predicted octanol–water partition coefficient (Wildman–Crippen LogP) is 3.15. The molecule has 1 unspecified atom stereocenters. The molecule has 0 amide bonds. The van der Waals surface area contributed by atoms with Crippen LogP contribution in [0.4, 0.5) is 5.69 Å². The Bertz CT molecular complexity index is 553. The standard InChI is InChI=1S/C14H15BrN2O2/c1-2-14(13(18)19)6-3-7-17(14)12-8-11(15)5-4-10(12)9-16/h4-5,8H,2-3,6-7H2,1H3,(H,18,19). The molecule has 1 aliphatic heterocycles. The van der Waals surface area contributed by atoms with Crippen LogP contribution in [0.25, 0.3) is 0 Å². The molecule has 1 N–H and O–H groups in total. The zero-order valence-corrected chi connectivity index (χ0v) is 12.3. The van der Waals surface area contributed by atoms with Crippen LogP contribution >= 0.6 is 15.9 Å². The summed E-state index contributed by atoms with van der Waals surface area (Å²) in [7, 11) is 0. The van der Waals surface area contributed by atoms with Gasteiger partial charge in [0.25, 0.3) is 0 Å². The molecule has 1 aliphatic rings. The predicted molar refractivity (Wildman–Crippen MR) is 76.1 cm³/mol. The molecule has 4 nitrogen and oxygen atoms in total. The lowest BCUT2D eigenvalue weighted by Gasteiger charge is -2.36. The summed E-state index contributed by atoms with van der Waals surface area (Å²) in [5.74, 6) is -0.809. The first-order valence-corrected chi connectivity index (χ1v) is 7.05. The van der Waals surface area contributed by atoms with Gasteiger partial charge in [-0.05, 0) is 37.5 Å². The molecule has 0 saturated carbocycles. The number of aliphatic carboxylic acids is 1. The van der Waals surface area contributed by atoms with Crippen molar-refractivity contribution in [2.45, 2.75) is 31.7 Å². The molecule has 0 radical (unpaired) electrons. The fourth-order valence-electron chi connectivity index (χ4n) is 2.79. The molecule has 1 saturated heterocycles. The third kappa shape index (κ3) is 2.21. The summed E-state index contributed by atoms with van der Waals surface area (Å²) in [5, 5.41) is 18.8. The van der Waals surface area contributed by atoms with Gasteiger partial charge in [0.05, 0.1) is 11.3 Å². The number of carbonyl (C=O) groups is 1. The van der Waals surface area contributed by atoms with Crippen LogP contribution in [0.15, 0.2) is 22.7 Å². The van der Waals surface area contributed by atoms with Gasteiger partial charge in [-0.25, -0.2) is 4.79 Å². The Hall–Kier alpha value is -1.54. The topological polar surface area (TPSA) is 64.3 Å². The minimum absolute atomic E-state index is 0.518. The zero-order chi connectivity index (χ0) is 14.0. The van der Waals surface area contributed by atoms with Gasteiger partial charge in [0.15, 0.2) is 0 Å². The fraction of sp³-hybridized carbons (Fsp3) is 0.429. The van der Waals surface area contributed by atoms with Crippen molar-refractivity contribution in [3.63, 3.8) is 0 Å². The van der Waals surface area contributed by atoms with Crippen molar-refractivity contribution >= 4 is 27.6 Å². The lowest BCUT2D eigenvalue weighted by Crippen LogP contribution is -2.50. The van der Waals surface area contributed by atoms with Crippen LogP contribution in [0.1, 0.15) is 31.7 Å². The molecular formula is C14H15BrN2O2. The van der Waals surface area contributed by atoms with Gasteiger partial charge in [0.2, 0.25) is 0 Å². The molecular weight excluding hydrogens is 308 g/mol. The van der Waals surface area contributed by atoms with Crippen LogP contribution in [-0.2, 0) is 4.79 Å². The number of anilines is 1. The molecule has 0 spiro atoms. The van der Waals surface area contributed by atoms with Crippen LogP contribution < -0.4 is 4.90 Å². The quantitative estimate of drug-likeness (QED) is 0.928. The highest BCUT2D eigenvalue weighted by molar-refractivity contribution is 9.10. The van der Waals surface area contributed by atoms with Crippen molar-refractivity contribution < 1.29 is 9.90 Å². The summed E-state index contributed by atoms with van der Waals surface area (Å²) in [5.41, 5.74) is 0.342. The molecule has 100 valence electrons. The minimum Gasteiger partial charge on any atom is -0.479 e. The van der Waals surface area contributed by atoms with E-state index in [2.05, 4.69) is 22.0 Å². The van der Waals surface area contributed by atoms with E-state index < -0.39 is 11.5 Å². The zero-order valence-electron chi connectivity index (χ0n) is 10.7. The molecule has 2 rings (SSSR count). The van der Waals surface area contributed by atoms with Crippen molar-refractivity contribution in [2.75, 3.05) is 11.4 Å². The second-order valence-corrected chi connectivity index (χ2v) is 5.63.